The Morgan fingerprint density at radius 1 is 0.688 bits per heavy atom. The molecule has 0 fully saturated rings. The molecule has 0 radical (unpaired) electrons. The molecule has 48 heavy (non-hydrogen) atoms. The minimum absolute atomic E-state index is 0.223. The number of amides is 2. The van der Waals surface area contributed by atoms with Gasteiger partial charge in [-0.3, -0.25) is 14.6 Å². The summed E-state index contributed by atoms with van der Waals surface area (Å²) >= 11 is 0. The van der Waals surface area contributed by atoms with Crippen molar-refractivity contribution in [1.82, 2.24) is 15.3 Å². The Morgan fingerprint density at radius 2 is 1.31 bits per heavy atom. The molecule has 2 amide bonds. The number of aromatic nitrogens is 2. The molecule has 0 spiro atoms. The highest BCUT2D eigenvalue weighted by atomic mass is 16.4. The molecular weight excluding hydrogens is 618 g/mol. The molecule has 7 atom stereocenters. The molecule has 13 heteroatoms. The second-order valence-corrected chi connectivity index (χ2v) is 11.2. The van der Waals surface area contributed by atoms with Crippen molar-refractivity contribution in [2.75, 3.05) is 23.8 Å². The van der Waals surface area contributed by atoms with Gasteiger partial charge in [0.1, 0.15) is 24.1 Å². The van der Waals surface area contributed by atoms with Crippen LogP contribution in [0, 0.1) is 0 Å². The van der Waals surface area contributed by atoms with E-state index in [1.165, 1.54) is 0 Å². The first-order valence-electron chi connectivity index (χ1n) is 15.5. The van der Waals surface area contributed by atoms with Crippen LogP contribution in [-0.2, 0) is 9.59 Å². The summed E-state index contributed by atoms with van der Waals surface area (Å²) in [4.78, 5) is 34.6. The monoisotopic (exact) mass is 659 g/mol. The number of carbonyl (C=O) groups is 2. The Hall–Kier alpha value is -4.76. The van der Waals surface area contributed by atoms with E-state index in [4.69, 9.17) is 5.11 Å². The van der Waals surface area contributed by atoms with Crippen LogP contribution in [0.3, 0.4) is 0 Å². The number of nitrogens with one attached hydrogen (secondary N) is 3. The molecule has 2 aromatic heterocycles. The van der Waals surface area contributed by atoms with Gasteiger partial charge in [-0.05, 0) is 41.5 Å². The van der Waals surface area contributed by atoms with Crippen molar-refractivity contribution >= 4 is 23.3 Å². The number of anilines is 2. The van der Waals surface area contributed by atoms with E-state index in [0.29, 0.717) is 28.3 Å². The molecule has 4 rings (SSSR count). The van der Waals surface area contributed by atoms with Crippen LogP contribution >= 0.6 is 0 Å². The number of pyridine rings is 2. The van der Waals surface area contributed by atoms with Crippen LogP contribution < -0.4 is 16.0 Å². The molecule has 0 aliphatic rings. The Balaban J connectivity index is 1.53. The Kier molecular flexibility index (Phi) is 13.5. The molecule has 0 saturated carbocycles. The molecule has 0 aliphatic heterocycles. The summed E-state index contributed by atoms with van der Waals surface area (Å²) in [7, 11) is 0. The highest BCUT2D eigenvalue weighted by molar-refractivity contribution is 5.94. The number of para-hydroxylation sites is 1. The fourth-order valence-electron chi connectivity index (χ4n) is 5.23. The van der Waals surface area contributed by atoms with Gasteiger partial charge in [0.15, 0.2) is 0 Å². The van der Waals surface area contributed by atoms with Gasteiger partial charge < -0.3 is 46.6 Å². The van der Waals surface area contributed by atoms with E-state index in [2.05, 4.69) is 25.9 Å². The van der Waals surface area contributed by atoms with Crippen LogP contribution in [0.1, 0.15) is 47.7 Å². The Bertz CT molecular complexity index is 1570. The highest BCUT2D eigenvalue weighted by Gasteiger charge is 2.35. The lowest BCUT2D eigenvalue weighted by molar-refractivity contribution is -0.127. The number of carbonyl (C=O) groups excluding carboxylic acids is 2. The number of nitrogens with zero attached hydrogens (tertiary/aromatic N) is 2. The van der Waals surface area contributed by atoms with Gasteiger partial charge in [0, 0.05) is 43.2 Å². The summed E-state index contributed by atoms with van der Waals surface area (Å²) in [6, 6.07) is 26.5. The number of aliphatic hydroxyl groups is 6. The molecule has 0 aliphatic carbocycles. The summed E-state index contributed by atoms with van der Waals surface area (Å²) in [5.74, 6) is -1.20. The largest absolute Gasteiger partial charge is 0.394 e. The smallest absolute Gasteiger partial charge is 0.224 e. The third-order valence-corrected chi connectivity index (χ3v) is 7.82. The van der Waals surface area contributed by atoms with Crippen LogP contribution in [0.15, 0.2) is 103 Å². The van der Waals surface area contributed by atoms with E-state index in [-0.39, 0.29) is 12.8 Å². The summed E-state index contributed by atoms with van der Waals surface area (Å²) < 4.78 is 0. The van der Waals surface area contributed by atoms with Gasteiger partial charge in [-0.15, -0.1) is 0 Å². The van der Waals surface area contributed by atoms with E-state index in [1.54, 1.807) is 42.7 Å². The molecule has 13 nitrogen and oxygen atoms in total. The van der Waals surface area contributed by atoms with E-state index >= 15 is 0 Å². The first kappa shape index (κ1) is 36.1. The fourth-order valence-corrected chi connectivity index (χ4v) is 5.23. The topological polar surface area (TPSA) is 217 Å². The molecule has 2 aromatic carbocycles. The zero-order chi connectivity index (χ0) is 34.5. The summed E-state index contributed by atoms with van der Waals surface area (Å²) in [6.45, 7) is -1.29. The normalized spacial score (nSPS) is 15.6. The summed E-state index contributed by atoms with van der Waals surface area (Å²) in [5.41, 5.74) is 2.34. The molecular formula is C35H41N5O8. The summed E-state index contributed by atoms with van der Waals surface area (Å²) in [6.07, 6.45) is -5.15. The maximum atomic E-state index is 13.1. The third kappa shape index (κ3) is 9.87. The molecule has 0 bridgehead atoms. The average Bonchev–Trinajstić information content (AvgIpc) is 3.13. The zero-order valence-corrected chi connectivity index (χ0v) is 26.1. The van der Waals surface area contributed by atoms with Crippen molar-refractivity contribution in [3.63, 3.8) is 0 Å². The van der Waals surface area contributed by atoms with Crippen LogP contribution in [0.5, 0.6) is 0 Å². The predicted octanol–water partition coefficient (Wildman–Crippen LogP) is 1.42. The number of aliphatic hydroxyl groups excluding tert-OH is 6. The van der Waals surface area contributed by atoms with Gasteiger partial charge in [0.2, 0.25) is 11.8 Å². The van der Waals surface area contributed by atoms with Gasteiger partial charge >= 0.3 is 0 Å². The zero-order valence-electron chi connectivity index (χ0n) is 26.1. The van der Waals surface area contributed by atoms with Gasteiger partial charge in [-0.1, -0.05) is 60.7 Å². The molecule has 254 valence electrons. The lowest BCUT2D eigenvalue weighted by Gasteiger charge is -2.33. The maximum Gasteiger partial charge on any atom is 0.224 e. The van der Waals surface area contributed by atoms with Crippen molar-refractivity contribution < 1.29 is 40.2 Å². The van der Waals surface area contributed by atoms with Crippen molar-refractivity contribution in [2.45, 2.75) is 55.3 Å². The Morgan fingerprint density at radius 3 is 1.98 bits per heavy atom. The first-order valence-corrected chi connectivity index (χ1v) is 15.5. The van der Waals surface area contributed by atoms with Crippen molar-refractivity contribution in [3.05, 3.63) is 120 Å². The van der Waals surface area contributed by atoms with Gasteiger partial charge in [0.25, 0.3) is 0 Å². The number of hydrogen-bond acceptors (Lipinski definition) is 11. The van der Waals surface area contributed by atoms with Crippen LogP contribution in [0.25, 0.3) is 0 Å². The molecule has 4 aromatic rings. The predicted molar refractivity (Wildman–Crippen MR) is 177 cm³/mol. The molecule has 2 heterocycles. The first-order chi connectivity index (χ1) is 23.2. The van der Waals surface area contributed by atoms with Crippen molar-refractivity contribution in [2.24, 2.45) is 0 Å². The molecule has 9 N–H and O–H groups in total. The SMILES string of the molecule is O=C(CCC(=O)Nc1ccccc1[C@@H](Nc1ccccn1)[C@H](c1ccccn1)[C@H](O)c1ccccc1)NC[C@H](O)[C@@H](O)[C@H](O)[C@H](O)CO. The second-order valence-electron chi connectivity index (χ2n) is 11.2. The van der Waals surface area contributed by atoms with Gasteiger partial charge in [-0.2, -0.15) is 0 Å². The molecule has 0 saturated heterocycles. The standard InChI is InChI=1S/C35H41N5O8/c41-21-27(43)35(48)34(47)26(42)20-38-29(44)16-17-30(45)39-24-13-5-4-12-23(24)32(40-28-15-7-9-19-37-28)31(25-14-6-8-18-36-25)33(46)22-10-2-1-3-11-22/h1-15,18-19,26-27,31-35,41-43,46-48H,16-17,20-21H2,(H,37,40)(H,38,44)(H,39,45)/t26-,27+,31-,32+,33+,34+,35+/m0/s1. The minimum Gasteiger partial charge on any atom is -0.394 e. The molecule has 0 unspecified atom stereocenters. The second kappa shape index (κ2) is 18.0. The lowest BCUT2D eigenvalue weighted by atomic mass is 9.82. The lowest BCUT2D eigenvalue weighted by Crippen LogP contribution is -2.49. The van der Waals surface area contributed by atoms with Crippen LogP contribution in [-0.4, -0.2) is 90.0 Å². The third-order valence-electron chi connectivity index (χ3n) is 7.82. The number of hydrogen-bond donors (Lipinski definition) is 9. The van der Waals surface area contributed by atoms with Gasteiger partial charge in [-0.25, -0.2) is 4.98 Å². The fraction of sp³-hybridized carbons (Fsp3) is 0.314. The van der Waals surface area contributed by atoms with Crippen LogP contribution in [0.2, 0.25) is 0 Å². The van der Waals surface area contributed by atoms with E-state index < -0.39 is 67.4 Å². The van der Waals surface area contributed by atoms with Crippen molar-refractivity contribution in [3.8, 4) is 0 Å². The van der Waals surface area contributed by atoms with E-state index in [9.17, 15) is 35.1 Å². The average molecular weight is 660 g/mol. The van der Waals surface area contributed by atoms with Crippen LogP contribution in [0.4, 0.5) is 11.5 Å². The summed E-state index contributed by atoms with van der Waals surface area (Å²) in [5, 5.41) is 68.7. The van der Waals surface area contributed by atoms with Crippen molar-refractivity contribution in [1.29, 1.82) is 0 Å². The highest BCUT2D eigenvalue weighted by Crippen LogP contribution is 2.43. The van der Waals surface area contributed by atoms with E-state index in [0.717, 1.165) is 0 Å². The minimum atomic E-state index is -1.82. The van der Waals surface area contributed by atoms with E-state index in [1.807, 2.05) is 60.7 Å². The quantitative estimate of drug-likeness (QED) is 0.0790. The maximum absolute atomic E-state index is 13.1. The number of benzene rings is 2. The number of rotatable bonds is 17. The Labute approximate surface area is 278 Å². The van der Waals surface area contributed by atoms with Gasteiger partial charge in [0.05, 0.1) is 30.8 Å².